The van der Waals surface area contributed by atoms with Gasteiger partial charge in [-0.3, -0.25) is 0 Å². The number of rotatable bonds is 3. The fourth-order valence-electron chi connectivity index (χ4n) is 6.37. The van der Waals surface area contributed by atoms with E-state index in [2.05, 4.69) is 104 Å². The Morgan fingerprint density at radius 1 is 0.571 bits per heavy atom. The zero-order valence-electron chi connectivity index (χ0n) is 19.9. The van der Waals surface area contributed by atoms with E-state index in [1.54, 1.807) is 32.1 Å². The Morgan fingerprint density at radius 3 is 1.21 bits per heavy atom. The second-order valence-corrected chi connectivity index (χ2v) is 19.6. The molecule has 0 fully saturated rings. The van der Waals surface area contributed by atoms with E-state index < -0.39 is 20.3 Å². The molecule has 0 nitrogen and oxygen atoms in total. The molecule has 2 aliphatic rings. The molecule has 0 unspecified atom stereocenters. The van der Waals surface area contributed by atoms with Gasteiger partial charge in [0.25, 0.3) is 0 Å². The molecule has 0 bridgehead atoms. The van der Waals surface area contributed by atoms with Crippen LogP contribution in [0.2, 0.25) is 4.63 Å². The molecule has 28 heavy (non-hydrogen) atoms. The van der Waals surface area contributed by atoms with Crippen molar-refractivity contribution in [3.05, 3.63) is 70.3 Å². The van der Waals surface area contributed by atoms with Crippen LogP contribution in [-0.2, 0) is 20.3 Å². The Morgan fingerprint density at radius 2 is 0.929 bits per heavy atom. The summed E-state index contributed by atoms with van der Waals surface area (Å²) in [6.07, 6.45) is 0. The average Bonchev–Trinajstić information content (AvgIpc) is 2.89. The van der Waals surface area contributed by atoms with Gasteiger partial charge >= 0.3 is 179 Å². The Bertz CT molecular complexity index is 901. The first-order valence-corrected chi connectivity index (χ1v) is 16.8. The van der Waals surface area contributed by atoms with Crippen molar-refractivity contribution in [2.24, 2.45) is 10.8 Å². The summed E-state index contributed by atoms with van der Waals surface area (Å²) in [6, 6.07) is 11.5. The van der Waals surface area contributed by atoms with Crippen molar-refractivity contribution in [1.29, 1.82) is 0 Å². The molecule has 0 saturated heterocycles. The van der Waals surface area contributed by atoms with Crippen LogP contribution < -0.4 is 3.27 Å². The van der Waals surface area contributed by atoms with Gasteiger partial charge in [0.05, 0.1) is 0 Å². The summed E-state index contributed by atoms with van der Waals surface area (Å²) in [6.45, 7) is 24.1. The van der Waals surface area contributed by atoms with Crippen molar-refractivity contribution >= 4 is 3.27 Å². The fraction of sp³-hybridized carbons (Fsp3) is 0.481. The summed E-state index contributed by atoms with van der Waals surface area (Å²) in [5.74, 6) is 0. The molecular weight excluding hydrogens is 416 g/mol. The first-order valence-electron chi connectivity index (χ1n) is 10.7. The van der Waals surface area contributed by atoms with E-state index in [4.69, 9.17) is 0 Å². The first-order chi connectivity index (χ1) is 12.8. The molecule has 1 aromatic rings. The summed E-state index contributed by atoms with van der Waals surface area (Å²) in [7, 11) is 0. The molecule has 0 N–H and O–H groups in total. The molecule has 0 amide bonds. The third kappa shape index (κ3) is 2.72. The van der Waals surface area contributed by atoms with E-state index in [1.165, 1.54) is 11.1 Å². The van der Waals surface area contributed by atoms with Crippen molar-refractivity contribution < 1.29 is 20.3 Å². The van der Waals surface area contributed by atoms with Gasteiger partial charge < -0.3 is 0 Å². The van der Waals surface area contributed by atoms with Gasteiger partial charge in [-0.15, -0.1) is 0 Å². The minimum atomic E-state index is -3.18. The van der Waals surface area contributed by atoms with E-state index in [-0.39, 0.29) is 10.8 Å². The van der Waals surface area contributed by atoms with Crippen LogP contribution >= 0.6 is 0 Å². The van der Waals surface area contributed by atoms with E-state index in [0.29, 0.717) is 0 Å². The number of benzene rings is 1. The van der Waals surface area contributed by atoms with Gasteiger partial charge in [0.2, 0.25) is 0 Å². The van der Waals surface area contributed by atoms with Crippen LogP contribution in [0.5, 0.6) is 0 Å². The summed E-state index contributed by atoms with van der Waals surface area (Å²) in [5, 5.41) is 0. The van der Waals surface area contributed by atoms with Gasteiger partial charge in [0.15, 0.2) is 0 Å². The SMILES string of the molecule is CC1=C(C)C(C)(C)[C]([Zr]([CH3])([C]2=C(C)C(C)=C(C)C2(C)C)[c]2ccccc2)=C1C. The van der Waals surface area contributed by atoms with Gasteiger partial charge in [-0.05, 0) is 0 Å². The third-order valence-corrected chi connectivity index (χ3v) is 22.0. The van der Waals surface area contributed by atoms with Crippen molar-refractivity contribution in [3.63, 3.8) is 0 Å². The topological polar surface area (TPSA) is 0 Å². The standard InChI is InChI=1S/2C10H15.C6H5.CH3.Zr/c2*1-7-6-10(4,5)9(3)8(7)2;1-2-4-6-5-3-1;;/h2*1-5H3;1-5H;1H3;. The summed E-state index contributed by atoms with van der Waals surface area (Å²) < 4.78 is 7.88. The average molecular weight is 454 g/mol. The van der Waals surface area contributed by atoms with Crippen LogP contribution in [0.4, 0.5) is 0 Å². The van der Waals surface area contributed by atoms with Crippen LogP contribution in [0.15, 0.2) is 70.3 Å². The van der Waals surface area contributed by atoms with Crippen molar-refractivity contribution in [3.8, 4) is 0 Å². The minimum absolute atomic E-state index is 0.141. The van der Waals surface area contributed by atoms with Crippen molar-refractivity contribution in [2.75, 3.05) is 0 Å². The van der Waals surface area contributed by atoms with Crippen LogP contribution in [0.1, 0.15) is 69.2 Å². The van der Waals surface area contributed by atoms with Crippen LogP contribution in [-0.4, -0.2) is 0 Å². The molecule has 0 saturated carbocycles. The van der Waals surface area contributed by atoms with Crippen LogP contribution in [0.3, 0.4) is 0 Å². The molecule has 0 aromatic heterocycles. The molecular formula is C27H38Zr. The number of allylic oxidation sites excluding steroid dienone is 8. The molecule has 3 rings (SSSR count). The maximum absolute atomic E-state index is 3.18. The van der Waals surface area contributed by atoms with Crippen molar-refractivity contribution in [2.45, 2.75) is 73.9 Å². The second kappa shape index (κ2) is 6.80. The van der Waals surface area contributed by atoms with E-state index in [1.807, 2.05) is 0 Å². The molecule has 0 aliphatic heterocycles. The first kappa shape index (κ1) is 21.8. The molecule has 0 spiro atoms. The quantitative estimate of drug-likeness (QED) is 0.437. The predicted octanol–water partition coefficient (Wildman–Crippen LogP) is 7.81. The summed E-state index contributed by atoms with van der Waals surface area (Å²) >= 11 is -3.18. The predicted molar refractivity (Wildman–Crippen MR) is 122 cm³/mol. The monoisotopic (exact) mass is 452 g/mol. The Hall–Kier alpha value is -0.937. The Balaban J connectivity index is 2.43. The normalized spacial score (nSPS) is 22.1. The van der Waals surface area contributed by atoms with Crippen molar-refractivity contribution in [1.82, 2.24) is 0 Å². The number of hydrogen-bond donors (Lipinski definition) is 0. The van der Waals surface area contributed by atoms with Gasteiger partial charge in [-0.2, -0.15) is 0 Å². The van der Waals surface area contributed by atoms with E-state index in [9.17, 15) is 0 Å². The number of hydrogen-bond acceptors (Lipinski definition) is 0. The van der Waals surface area contributed by atoms with Crippen LogP contribution in [0.25, 0.3) is 0 Å². The van der Waals surface area contributed by atoms with Crippen LogP contribution in [0, 0.1) is 10.8 Å². The maximum atomic E-state index is 2.70. The van der Waals surface area contributed by atoms with Gasteiger partial charge in [-0.25, -0.2) is 0 Å². The Kier molecular flexibility index (Phi) is 5.29. The van der Waals surface area contributed by atoms with E-state index in [0.717, 1.165) is 0 Å². The molecule has 0 radical (unpaired) electrons. The second-order valence-electron chi connectivity index (χ2n) is 10.2. The molecule has 0 heterocycles. The van der Waals surface area contributed by atoms with Gasteiger partial charge in [-0.1, -0.05) is 0 Å². The molecule has 1 heteroatoms. The third-order valence-electron chi connectivity index (χ3n) is 8.48. The Labute approximate surface area is 177 Å². The summed E-state index contributed by atoms with van der Waals surface area (Å²) in [5.41, 5.74) is 9.60. The zero-order chi connectivity index (χ0) is 21.2. The fourth-order valence-corrected chi connectivity index (χ4v) is 22.2. The molecule has 2 aliphatic carbocycles. The van der Waals surface area contributed by atoms with E-state index >= 15 is 0 Å². The molecule has 1 aromatic carbocycles. The molecule has 150 valence electrons. The summed E-state index contributed by atoms with van der Waals surface area (Å²) in [4.78, 5) is 0. The zero-order valence-corrected chi connectivity index (χ0v) is 22.3. The molecule has 0 atom stereocenters. The van der Waals surface area contributed by atoms with Gasteiger partial charge in [0, 0.05) is 0 Å². The van der Waals surface area contributed by atoms with Gasteiger partial charge in [0.1, 0.15) is 0 Å².